The maximum absolute atomic E-state index is 11.9. The summed E-state index contributed by atoms with van der Waals surface area (Å²) in [6, 6.07) is -0.937. The number of esters is 2. The second kappa shape index (κ2) is 20.1. The van der Waals surface area contributed by atoms with Crippen LogP contribution in [0.15, 0.2) is 0 Å². The second-order valence-electron chi connectivity index (χ2n) is 7.76. The molecule has 0 rings (SSSR count). The highest BCUT2D eigenvalue weighted by molar-refractivity contribution is 5.82. The molecule has 0 heterocycles. The SMILES string of the molecule is CCCCCCCCCCCCOC(=O)C(N)CC(=O)OCCCN(CC)CC. The summed E-state index contributed by atoms with van der Waals surface area (Å²) >= 11 is 0. The Kier molecular flexibility index (Phi) is 19.4. The molecule has 0 aromatic rings. The van der Waals surface area contributed by atoms with E-state index in [0.29, 0.717) is 13.2 Å². The van der Waals surface area contributed by atoms with E-state index in [4.69, 9.17) is 15.2 Å². The number of hydrogen-bond acceptors (Lipinski definition) is 6. The van der Waals surface area contributed by atoms with Crippen LogP contribution >= 0.6 is 0 Å². The van der Waals surface area contributed by atoms with Gasteiger partial charge in [0.15, 0.2) is 0 Å². The molecule has 0 aromatic heterocycles. The topological polar surface area (TPSA) is 81.9 Å². The molecule has 0 aliphatic rings. The third-order valence-electron chi connectivity index (χ3n) is 5.21. The first kappa shape index (κ1) is 27.9. The quantitative estimate of drug-likeness (QED) is 0.234. The molecule has 0 aliphatic carbocycles. The van der Waals surface area contributed by atoms with Crippen molar-refractivity contribution < 1.29 is 19.1 Å². The molecule has 0 bridgehead atoms. The zero-order valence-corrected chi connectivity index (χ0v) is 19.3. The van der Waals surface area contributed by atoms with Crippen molar-refractivity contribution in [1.29, 1.82) is 0 Å². The van der Waals surface area contributed by atoms with Crippen LogP contribution in [0.1, 0.15) is 97.8 Å². The third-order valence-corrected chi connectivity index (χ3v) is 5.21. The lowest BCUT2D eigenvalue weighted by atomic mass is 10.1. The third kappa shape index (κ3) is 17.4. The Bertz CT molecular complexity index is 400. The van der Waals surface area contributed by atoms with Crippen LogP contribution in [0.4, 0.5) is 0 Å². The van der Waals surface area contributed by atoms with E-state index in [-0.39, 0.29) is 6.42 Å². The van der Waals surface area contributed by atoms with Crippen LogP contribution < -0.4 is 5.73 Å². The highest BCUT2D eigenvalue weighted by atomic mass is 16.5. The molecular weight excluding hydrogens is 368 g/mol. The molecule has 0 amide bonds. The Morgan fingerprint density at radius 2 is 1.28 bits per heavy atom. The van der Waals surface area contributed by atoms with Gasteiger partial charge in [-0.05, 0) is 25.9 Å². The first-order valence-corrected chi connectivity index (χ1v) is 11.8. The van der Waals surface area contributed by atoms with Gasteiger partial charge in [0.25, 0.3) is 0 Å². The van der Waals surface area contributed by atoms with Crippen LogP contribution in [-0.4, -0.2) is 55.7 Å². The molecule has 0 aromatic carbocycles. The van der Waals surface area contributed by atoms with Crippen molar-refractivity contribution >= 4 is 11.9 Å². The summed E-state index contributed by atoms with van der Waals surface area (Å²) in [5, 5.41) is 0. The molecular formula is C23H46N2O4. The van der Waals surface area contributed by atoms with Crippen LogP contribution in [-0.2, 0) is 19.1 Å². The second-order valence-corrected chi connectivity index (χ2v) is 7.76. The van der Waals surface area contributed by atoms with Crippen LogP contribution in [0.3, 0.4) is 0 Å². The minimum absolute atomic E-state index is 0.123. The van der Waals surface area contributed by atoms with Gasteiger partial charge in [-0.2, -0.15) is 0 Å². The Balaban J connectivity index is 3.58. The minimum Gasteiger partial charge on any atom is -0.466 e. The van der Waals surface area contributed by atoms with E-state index in [9.17, 15) is 9.59 Å². The Morgan fingerprint density at radius 1 is 0.759 bits per heavy atom. The number of rotatable bonds is 20. The number of nitrogens with zero attached hydrogens (tertiary/aromatic N) is 1. The lowest BCUT2D eigenvalue weighted by Gasteiger charge is -2.17. The van der Waals surface area contributed by atoms with Gasteiger partial charge in [0.1, 0.15) is 6.04 Å². The van der Waals surface area contributed by atoms with E-state index in [1.807, 2.05) is 0 Å². The van der Waals surface area contributed by atoms with Crippen LogP contribution in [0, 0.1) is 0 Å². The van der Waals surface area contributed by atoms with Crippen molar-refractivity contribution in [2.45, 2.75) is 104 Å². The standard InChI is InChI=1S/C23H46N2O4/c1-4-7-8-9-10-11-12-13-14-15-18-29-23(27)21(24)20-22(26)28-19-16-17-25(5-2)6-3/h21H,4-20,24H2,1-3H3. The maximum atomic E-state index is 11.9. The van der Waals surface area contributed by atoms with E-state index in [2.05, 4.69) is 25.7 Å². The van der Waals surface area contributed by atoms with Crippen molar-refractivity contribution in [3.8, 4) is 0 Å². The molecule has 29 heavy (non-hydrogen) atoms. The molecule has 6 nitrogen and oxygen atoms in total. The van der Waals surface area contributed by atoms with Crippen molar-refractivity contribution in [3.63, 3.8) is 0 Å². The van der Waals surface area contributed by atoms with Gasteiger partial charge in [-0.1, -0.05) is 78.6 Å². The van der Waals surface area contributed by atoms with Gasteiger partial charge in [-0.3, -0.25) is 9.59 Å². The molecule has 0 spiro atoms. The largest absolute Gasteiger partial charge is 0.466 e. The van der Waals surface area contributed by atoms with Gasteiger partial charge in [-0.25, -0.2) is 0 Å². The molecule has 1 unspecified atom stereocenters. The predicted molar refractivity (Wildman–Crippen MR) is 119 cm³/mol. The highest BCUT2D eigenvalue weighted by Gasteiger charge is 2.19. The fourth-order valence-electron chi connectivity index (χ4n) is 3.21. The summed E-state index contributed by atoms with van der Waals surface area (Å²) in [5.41, 5.74) is 5.76. The molecule has 6 heteroatoms. The molecule has 0 saturated heterocycles. The molecule has 0 saturated carbocycles. The van der Waals surface area contributed by atoms with Gasteiger partial charge >= 0.3 is 11.9 Å². The van der Waals surface area contributed by atoms with E-state index in [1.165, 1.54) is 51.4 Å². The normalized spacial score (nSPS) is 12.2. The number of carbonyl (C=O) groups excluding carboxylic acids is 2. The van der Waals surface area contributed by atoms with Crippen molar-refractivity contribution in [2.75, 3.05) is 32.8 Å². The molecule has 0 aliphatic heterocycles. The molecule has 0 fully saturated rings. The summed E-state index contributed by atoms with van der Waals surface area (Å²) in [7, 11) is 0. The fourth-order valence-corrected chi connectivity index (χ4v) is 3.21. The Morgan fingerprint density at radius 3 is 1.83 bits per heavy atom. The molecule has 1 atom stereocenters. The zero-order valence-electron chi connectivity index (χ0n) is 19.3. The van der Waals surface area contributed by atoms with E-state index in [0.717, 1.165) is 38.9 Å². The monoisotopic (exact) mass is 414 g/mol. The van der Waals surface area contributed by atoms with Crippen LogP contribution in [0.25, 0.3) is 0 Å². The van der Waals surface area contributed by atoms with E-state index < -0.39 is 18.0 Å². The summed E-state index contributed by atoms with van der Waals surface area (Å²) in [6.45, 7) is 10.1. The van der Waals surface area contributed by atoms with Crippen LogP contribution in [0.2, 0.25) is 0 Å². The van der Waals surface area contributed by atoms with E-state index in [1.54, 1.807) is 0 Å². The van der Waals surface area contributed by atoms with E-state index >= 15 is 0 Å². The summed E-state index contributed by atoms with van der Waals surface area (Å²) < 4.78 is 10.3. The van der Waals surface area contributed by atoms with Crippen molar-refractivity contribution in [1.82, 2.24) is 4.90 Å². The van der Waals surface area contributed by atoms with Gasteiger partial charge in [0.05, 0.1) is 19.6 Å². The molecule has 172 valence electrons. The summed E-state index contributed by atoms with van der Waals surface area (Å²) in [5.74, 6) is -0.950. The first-order valence-electron chi connectivity index (χ1n) is 11.8. The number of carbonyl (C=O) groups is 2. The number of nitrogens with two attached hydrogens (primary N) is 1. The Hall–Kier alpha value is -1.14. The smallest absolute Gasteiger partial charge is 0.323 e. The first-order chi connectivity index (χ1) is 14.0. The van der Waals surface area contributed by atoms with Crippen LogP contribution in [0.5, 0.6) is 0 Å². The number of hydrogen-bond donors (Lipinski definition) is 1. The van der Waals surface area contributed by atoms with Gasteiger partial charge in [0, 0.05) is 6.54 Å². The fraction of sp³-hybridized carbons (Fsp3) is 0.913. The molecule has 2 N–H and O–H groups in total. The Labute approximate surface area is 178 Å². The average Bonchev–Trinajstić information content (AvgIpc) is 2.71. The van der Waals surface area contributed by atoms with Crippen molar-refractivity contribution in [2.24, 2.45) is 5.73 Å². The van der Waals surface area contributed by atoms with Gasteiger partial charge in [-0.15, -0.1) is 0 Å². The lowest BCUT2D eigenvalue weighted by Crippen LogP contribution is -2.35. The minimum atomic E-state index is -0.937. The van der Waals surface area contributed by atoms with Gasteiger partial charge in [0.2, 0.25) is 0 Å². The highest BCUT2D eigenvalue weighted by Crippen LogP contribution is 2.10. The summed E-state index contributed by atoms with van der Waals surface area (Å²) in [4.78, 5) is 25.9. The maximum Gasteiger partial charge on any atom is 0.323 e. The lowest BCUT2D eigenvalue weighted by molar-refractivity contribution is -0.152. The number of unbranched alkanes of at least 4 members (excludes halogenated alkanes) is 9. The summed E-state index contributed by atoms with van der Waals surface area (Å²) in [6.07, 6.45) is 13.0. The predicted octanol–water partition coefficient (Wildman–Crippen LogP) is 4.44. The average molecular weight is 415 g/mol. The van der Waals surface area contributed by atoms with Gasteiger partial charge < -0.3 is 20.1 Å². The molecule has 0 radical (unpaired) electrons. The zero-order chi connectivity index (χ0) is 21.7. The van der Waals surface area contributed by atoms with Crippen molar-refractivity contribution in [3.05, 3.63) is 0 Å². The number of ether oxygens (including phenoxy) is 2.